The van der Waals surface area contributed by atoms with Gasteiger partial charge in [-0.25, -0.2) is 39.9 Å². The molecule has 0 amide bonds. The maximum Gasteiger partial charge on any atom is 0.136 e. The summed E-state index contributed by atoms with van der Waals surface area (Å²) in [6.07, 6.45) is 2.90. The average Bonchev–Trinajstić information content (AvgIpc) is 2.89. The SMILES string of the molecule is Cc1ccc2c(C)nc(Cc3nc(C)cc(C)n3)nc2c1.Cc1ccc2nc(Cc3nccc(C)n3)nc(C)c2c1. The normalized spacial score (nSPS) is 11.0. The highest BCUT2D eigenvalue weighted by molar-refractivity contribution is 5.82. The summed E-state index contributed by atoms with van der Waals surface area (Å²) in [7, 11) is 0. The predicted molar refractivity (Wildman–Crippen MR) is 162 cm³/mol. The molecule has 0 aliphatic heterocycles. The highest BCUT2D eigenvalue weighted by atomic mass is 14.9. The molecule has 8 nitrogen and oxygen atoms in total. The molecule has 4 aromatic heterocycles. The average molecular weight is 543 g/mol. The number of benzene rings is 2. The molecule has 0 aliphatic rings. The molecule has 0 bridgehead atoms. The molecule has 0 saturated heterocycles. The van der Waals surface area contributed by atoms with Gasteiger partial charge >= 0.3 is 0 Å². The van der Waals surface area contributed by atoms with E-state index in [4.69, 9.17) is 0 Å². The van der Waals surface area contributed by atoms with Crippen LogP contribution in [0.15, 0.2) is 54.7 Å². The molecule has 41 heavy (non-hydrogen) atoms. The van der Waals surface area contributed by atoms with Crippen molar-refractivity contribution < 1.29 is 0 Å². The Morgan fingerprint density at radius 3 is 1.71 bits per heavy atom. The van der Waals surface area contributed by atoms with E-state index in [0.29, 0.717) is 12.8 Å². The fraction of sp³-hybridized carbons (Fsp3) is 0.273. The number of fused-ring (bicyclic) bond motifs is 2. The van der Waals surface area contributed by atoms with Crippen molar-refractivity contribution in [3.8, 4) is 0 Å². The Hall–Kier alpha value is -4.72. The van der Waals surface area contributed by atoms with Gasteiger partial charge < -0.3 is 0 Å². The number of aromatic nitrogens is 8. The number of aryl methyl sites for hydroxylation is 7. The zero-order valence-electron chi connectivity index (χ0n) is 24.7. The Balaban J connectivity index is 0.000000165. The highest BCUT2D eigenvalue weighted by Crippen LogP contribution is 2.19. The second-order valence-corrected chi connectivity index (χ2v) is 10.5. The quantitative estimate of drug-likeness (QED) is 0.260. The minimum atomic E-state index is 0.562. The van der Waals surface area contributed by atoms with Gasteiger partial charge in [0.25, 0.3) is 0 Å². The summed E-state index contributed by atoms with van der Waals surface area (Å²) in [5.41, 5.74) is 9.31. The van der Waals surface area contributed by atoms with E-state index in [1.54, 1.807) is 6.20 Å². The van der Waals surface area contributed by atoms with Crippen molar-refractivity contribution in [3.05, 3.63) is 118 Å². The van der Waals surface area contributed by atoms with Gasteiger partial charge in [0, 0.05) is 45.4 Å². The Kier molecular flexibility index (Phi) is 8.01. The van der Waals surface area contributed by atoms with Crippen LogP contribution in [0.4, 0.5) is 0 Å². The van der Waals surface area contributed by atoms with Gasteiger partial charge in [-0.15, -0.1) is 0 Å². The molecule has 0 fully saturated rings. The summed E-state index contributed by atoms with van der Waals surface area (Å²) in [6, 6.07) is 16.4. The van der Waals surface area contributed by atoms with Gasteiger partial charge in [0.05, 0.1) is 23.9 Å². The van der Waals surface area contributed by atoms with Gasteiger partial charge in [-0.05, 0) is 84.4 Å². The van der Waals surface area contributed by atoms with Gasteiger partial charge in [0.1, 0.15) is 23.3 Å². The van der Waals surface area contributed by atoms with E-state index in [2.05, 4.69) is 84.1 Å². The minimum absolute atomic E-state index is 0.562. The lowest BCUT2D eigenvalue weighted by molar-refractivity contribution is 0.864. The first-order valence-corrected chi connectivity index (χ1v) is 13.7. The van der Waals surface area contributed by atoms with Crippen molar-refractivity contribution in [2.45, 2.75) is 61.3 Å². The first kappa shape index (κ1) is 27.8. The molecular weight excluding hydrogens is 508 g/mol. The molecule has 6 rings (SSSR count). The van der Waals surface area contributed by atoms with Crippen LogP contribution >= 0.6 is 0 Å². The van der Waals surface area contributed by atoms with Crippen LogP contribution in [0.3, 0.4) is 0 Å². The molecule has 0 aliphatic carbocycles. The van der Waals surface area contributed by atoms with Gasteiger partial charge in [-0.2, -0.15) is 0 Å². The number of hydrogen-bond donors (Lipinski definition) is 0. The van der Waals surface area contributed by atoms with Crippen molar-refractivity contribution in [1.29, 1.82) is 0 Å². The molecule has 0 unspecified atom stereocenters. The third kappa shape index (κ3) is 6.90. The van der Waals surface area contributed by atoms with Crippen LogP contribution in [0, 0.1) is 48.5 Å². The molecule has 8 heteroatoms. The zero-order valence-corrected chi connectivity index (χ0v) is 24.7. The predicted octanol–water partition coefficient (Wildman–Crippen LogP) is 6.18. The standard InChI is InChI=1S/C17H18N4.C16H16N4/c1-10-5-6-14-13(4)20-17(21-15(14)7-10)9-16-18-11(2)8-12(3)19-16;1-10-4-5-14-13(8-10)12(3)19-16(20-14)9-15-17-7-6-11(2)18-15/h5-8H,9H2,1-4H3;4-8H,9H2,1-3H3. The first-order valence-electron chi connectivity index (χ1n) is 13.7. The van der Waals surface area contributed by atoms with Gasteiger partial charge in [0.2, 0.25) is 0 Å². The molecule has 0 radical (unpaired) electrons. The summed E-state index contributed by atoms with van der Waals surface area (Å²) >= 11 is 0. The summed E-state index contributed by atoms with van der Waals surface area (Å²) in [4.78, 5) is 36.0. The van der Waals surface area contributed by atoms with Crippen LogP contribution < -0.4 is 0 Å². The lowest BCUT2D eigenvalue weighted by Gasteiger charge is -2.07. The maximum absolute atomic E-state index is 4.66. The molecule has 0 saturated carbocycles. The maximum atomic E-state index is 4.66. The van der Waals surface area contributed by atoms with Crippen molar-refractivity contribution in [2.24, 2.45) is 0 Å². The Morgan fingerprint density at radius 2 is 1.00 bits per heavy atom. The van der Waals surface area contributed by atoms with E-state index >= 15 is 0 Å². The smallest absolute Gasteiger partial charge is 0.136 e. The van der Waals surface area contributed by atoms with Crippen LogP contribution in [0.25, 0.3) is 21.8 Å². The van der Waals surface area contributed by atoms with E-state index in [-0.39, 0.29) is 0 Å². The topological polar surface area (TPSA) is 103 Å². The van der Waals surface area contributed by atoms with E-state index in [9.17, 15) is 0 Å². The van der Waals surface area contributed by atoms with E-state index in [0.717, 1.165) is 73.6 Å². The van der Waals surface area contributed by atoms with Gasteiger partial charge in [-0.1, -0.05) is 23.8 Å². The van der Waals surface area contributed by atoms with E-state index in [1.807, 2.05) is 52.8 Å². The van der Waals surface area contributed by atoms with Crippen molar-refractivity contribution in [1.82, 2.24) is 39.9 Å². The fourth-order valence-corrected chi connectivity index (χ4v) is 4.82. The Morgan fingerprint density at radius 1 is 0.439 bits per heavy atom. The number of rotatable bonds is 4. The zero-order chi connectivity index (χ0) is 29.1. The molecule has 0 spiro atoms. The van der Waals surface area contributed by atoms with E-state index in [1.165, 1.54) is 11.1 Å². The van der Waals surface area contributed by atoms with Crippen molar-refractivity contribution in [3.63, 3.8) is 0 Å². The molecule has 2 aromatic carbocycles. The molecule has 0 atom stereocenters. The largest absolute Gasteiger partial charge is 0.241 e. The summed E-state index contributed by atoms with van der Waals surface area (Å²) in [6.45, 7) is 14.1. The van der Waals surface area contributed by atoms with E-state index < -0.39 is 0 Å². The molecular formula is C33H34N8. The summed E-state index contributed by atoms with van der Waals surface area (Å²) in [5.74, 6) is 3.08. The molecule has 0 N–H and O–H groups in total. The number of nitrogens with zero attached hydrogens (tertiary/aromatic N) is 8. The lowest BCUT2D eigenvalue weighted by Crippen LogP contribution is -2.05. The van der Waals surface area contributed by atoms with Crippen LogP contribution in [-0.4, -0.2) is 39.9 Å². The first-order chi connectivity index (χ1) is 19.6. The van der Waals surface area contributed by atoms with Crippen LogP contribution in [0.5, 0.6) is 0 Å². The summed E-state index contributed by atoms with van der Waals surface area (Å²) in [5, 5.41) is 2.21. The van der Waals surface area contributed by atoms with Crippen molar-refractivity contribution >= 4 is 21.8 Å². The van der Waals surface area contributed by atoms with Crippen molar-refractivity contribution in [2.75, 3.05) is 0 Å². The van der Waals surface area contributed by atoms with Gasteiger partial charge in [-0.3, -0.25) is 0 Å². The minimum Gasteiger partial charge on any atom is -0.241 e. The second kappa shape index (κ2) is 11.8. The number of hydrogen-bond acceptors (Lipinski definition) is 8. The third-order valence-electron chi connectivity index (χ3n) is 6.68. The van der Waals surface area contributed by atoms with Crippen LogP contribution in [0.2, 0.25) is 0 Å². The monoisotopic (exact) mass is 542 g/mol. The third-order valence-corrected chi connectivity index (χ3v) is 6.68. The van der Waals surface area contributed by atoms with Crippen LogP contribution in [-0.2, 0) is 12.8 Å². The summed E-state index contributed by atoms with van der Waals surface area (Å²) < 4.78 is 0. The van der Waals surface area contributed by atoms with Gasteiger partial charge in [0.15, 0.2) is 0 Å². The highest BCUT2D eigenvalue weighted by Gasteiger charge is 2.09. The Labute approximate surface area is 240 Å². The van der Waals surface area contributed by atoms with Crippen LogP contribution in [0.1, 0.15) is 62.9 Å². The lowest BCUT2D eigenvalue weighted by atomic mass is 10.1. The fourth-order valence-electron chi connectivity index (χ4n) is 4.82. The molecule has 206 valence electrons. The second-order valence-electron chi connectivity index (χ2n) is 10.5. The molecule has 6 aromatic rings. The Bertz CT molecular complexity index is 1860. The molecule has 4 heterocycles.